The molecular weight excluding hydrogens is 461 g/mol. The van der Waals surface area contributed by atoms with Gasteiger partial charge in [0.05, 0.1) is 20.1 Å². The van der Waals surface area contributed by atoms with Gasteiger partial charge in [0, 0.05) is 25.1 Å². The molecule has 0 saturated carbocycles. The molecule has 1 aliphatic heterocycles. The van der Waals surface area contributed by atoms with Gasteiger partial charge in [-0.3, -0.25) is 4.90 Å². The molecule has 6 heteroatoms. The van der Waals surface area contributed by atoms with Crippen molar-refractivity contribution in [1.82, 2.24) is 4.90 Å². The summed E-state index contributed by atoms with van der Waals surface area (Å²) < 4.78 is 42.6. The summed E-state index contributed by atoms with van der Waals surface area (Å²) in [5.41, 5.74) is 0.902. The molecule has 36 heavy (non-hydrogen) atoms. The zero-order chi connectivity index (χ0) is 26.1. The number of halogens is 3. The fourth-order valence-corrected chi connectivity index (χ4v) is 5.48. The number of hydrogen-bond acceptors (Lipinski definition) is 2. The molecule has 1 atom stereocenters. The number of alkyl halides is 3. The van der Waals surface area contributed by atoms with Crippen LogP contribution in [0.15, 0.2) is 24.3 Å². The molecule has 1 saturated heterocycles. The average Bonchev–Trinajstić information content (AvgIpc) is 2.99. The van der Waals surface area contributed by atoms with E-state index in [2.05, 4.69) is 23.6 Å². The summed E-state index contributed by atoms with van der Waals surface area (Å²) in [4.78, 5) is 2.59. The highest BCUT2D eigenvalue weighted by atomic mass is 19.4. The van der Waals surface area contributed by atoms with Gasteiger partial charge < -0.3 is 9.22 Å². The predicted molar refractivity (Wildman–Crippen MR) is 144 cm³/mol. The molecule has 1 unspecified atom stereocenters. The number of nitrogens with zero attached hydrogens (tertiary/aromatic N) is 2. The minimum absolute atomic E-state index is 0.124. The number of hydrogen-bond donors (Lipinski definition) is 0. The van der Waals surface area contributed by atoms with Crippen molar-refractivity contribution in [3.05, 3.63) is 29.8 Å². The number of rotatable bonds is 18. The van der Waals surface area contributed by atoms with Crippen LogP contribution < -0.4 is 4.74 Å². The Kier molecular flexibility index (Phi) is 14.9. The van der Waals surface area contributed by atoms with E-state index in [0.717, 1.165) is 49.2 Å². The van der Waals surface area contributed by atoms with Crippen LogP contribution in [0.1, 0.15) is 109 Å². The van der Waals surface area contributed by atoms with Gasteiger partial charge in [0.15, 0.2) is 0 Å². The van der Waals surface area contributed by atoms with Crippen molar-refractivity contribution in [2.45, 2.75) is 116 Å². The molecule has 1 fully saturated rings. The van der Waals surface area contributed by atoms with Crippen LogP contribution in [-0.2, 0) is 6.54 Å². The molecule has 0 spiro atoms. The monoisotopic (exact) mass is 513 g/mol. The average molecular weight is 514 g/mol. The lowest BCUT2D eigenvalue weighted by molar-refractivity contribution is -0.920. The maximum absolute atomic E-state index is 12.6. The Balaban J connectivity index is 1.53. The molecule has 1 aliphatic rings. The first-order chi connectivity index (χ1) is 17.3. The molecule has 0 aliphatic carbocycles. The van der Waals surface area contributed by atoms with E-state index in [9.17, 15) is 13.2 Å². The first-order valence-corrected chi connectivity index (χ1v) is 14.7. The lowest BCUT2D eigenvalue weighted by atomic mass is 10.0. The number of ether oxygens (including phenoxy) is 1. The van der Waals surface area contributed by atoms with Crippen molar-refractivity contribution in [3.63, 3.8) is 0 Å². The van der Waals surface area contributed by atoms with E-state index in [1.165, 1.54) is 109 Å². The lowest BCUT2D eigenvalue weighted by Gasteiger charge is -2.33. The third kappa shape index (κ3) is 14.5. The molecular formula is C30H52F3N2O+. The first kappa shape index (κ1) is 31.0. The maximum Gasteiger partial charge on any atom is 0.573 e. The molecule has 0 radical (unpaired) electrons. The van der Waals surface area contributed by atoms with Gasteiger partial charge in [-0.05, 0) is 25.1 Å². The summed E-state index contributed by atoms with van der Waals surface area (Å²) in [7, 11) is 2.23. The smallest absolute Gasteiger partial charge is 0.406 e. The van der Waals surface area contributed by atoms with Gasteiger partial charge >= 0.3 is 6.36 Å². The van der Waals surface area contributed by atoms with Crippen LogP contribution in [-0.4, -0.2) is 55.5 Å². The van der Waals surface area contributed by atoms with Gasteiger partial charge in [-0.15, -0.1) is 13.2 Å². The van der Waals surface area contributed by atoms with E-state index in [4.69, 9.17) is 0 Å². The Hall–Kier alpha value is -1.27. The number of benzene rings is 1. The van der Waals surface area contributed by atoms with Crippen molar-refractivity contribution in [2.24, 2.45) is 0 Å². The largest absolute Gasteiger partial charge is 0.573 e. The number of likely N-dealkylation sites (N-methyl/N-ethyl adjacent to an activating group) is 1. The fraction of sp³-hybridized carbons (Fsp3) is 0.800. The summed E-state index contributed by atoms with van der Waals surface area (Å²) in [5, 5.41) is 0. The zero-order valence-corrected chi connectivity index (χ0v) is 23.1. The normalized spacial score (nSPS) is 19.4. The van der Waals surface area contributed by atoms with Crippen LogP contribution >= 0.6 is 0 Å². The van der Waals surface area contributed by atoms with Gasteiger partial charge in [0.25, 0.3) is 0 Å². The van der Waals surface area contributed by atoms with Gasteiger partial charge in [0.1, 0.15) is 12.3 Å². The molecule has 0 amide bonds. The minimum Gasteiger partial charge on any atom is -0.406 e. The van der Waals surface area contributed by atoms with Crippen molar-refractivity contribution in [2.75, 3.05) is 39.8 Å². The van der Waals surface area contributed by atoms with E-state index < -0.39 is 6.36 Å². The van der Waals surface area contributed by atoms with Crippen molar-refractivity contribution in [1.29, 1.82) is 0 Å². The Morgan fingerprint density at radius 2 is 1.39 bits per heavy atom. The first-order valence-electron chi connectivity index (χ1n) is 14.7. The van der Waals surface area contributed by atoms with Gasteiger partial charge in [0.2, 0.25) is 0 Å². The summed E-state index contributed by atoms with van der Waals surface area (Å²) in [6.45, 7) is 8.47. The zero-order valence-electron chi connectivity index (χ0n) is 23.1. The topological polar surface area (TPSA) is 12.5 Å². The summed E-state index contributed by atoms with van der Waals surface area (Å²) in [6.07, 6.45) is 15.9. The highest BCUT2D eigenvalue weighted by Gasteiger charge is 2.31. The van der Waals surface area contributed by atoms with Crippen molar-refractivity contribution < 1.29 is 22.4 Å². The molecule has 0 N–H and O–H groups in total. The molecule has 1 aromatic rings. The quantitative estimate of drug-likeness (QED) is 0.144. The Labute approximate surface area is 219 Å². The lowest BCUT2D eigenvalue weighted by Crippen LogP contribution is -2.46. The Bertz CT molecular complexity index is 697. The van der Waals surface area contributed by atoms with Gasteiger partial charge in [-0.1, -0.05) is 103 Å². The SMILES string of the molecule is CCCCCCCCCCCCCCCCN1CCC[N+](C)(Cc2cccc(OC(F)(F)F)c2)CC1. The van der Waals surface area contributed by atoms with Gasteiger partial charge in [-0.25, -0.2) is 0 Å². The highest BCUT2D eigenvalue weighted by Crippen LogP contribution is 2.25. The van der Waals surface area contributed by atoms with Crippen LogP contribution in [0.5, 0.6) is 5.75 Å². The van der Waals surface area contributed by atoms with E-state index in [1.54, 1.807) is 6.07 Å². The Morgan fingerprint density at radius 3 is 1.97 bits per heavy atom. The summed E-state index contributed by atoms with van der Waals surface area (Å²) in [5.74, 6) is -0.124. The molecule has 208 valence electrons. The third-order valence-corrected chi connectivity index (χ3v) is 7.65. The van der Waals surface area contributed by atoms with Crippen molar-refractivity contribution in [3.8, 4) is 5.75 Å². The molecule has 2 rings (SSSR count). The second kappa shape index (κ2) is 17.3. The van der Waals surface area contributed by atoms with Crippen LogP contribution in [0.2, 0.25) is 0 Å². The molecule has 0 aromatic heterocycles. The van der Waals surface area contributed by atoms with E-state index in [1.807, 2.05) is 6.07 Å². The maximum atomic E-state index is 12.6. The van der Waals surface area contributed by atoms with E-state index in [0.29, 0.717) is 0 Å². The predicted octanol–water partition coefficient (Wildman–Crippen LogP) is 8.72. The summed E-state index contributed by atoms with van der Waals surface area (Å²) >= 11 is 0. The number of unbranched alkanes of at least 4 members (excludes halogenated alkanes) is 13. The summed E-state index contributed by atoms with van der Waals surface area (Å²) in [6, 6.07) is 6.47. The highest BCUT2D eigenvalue weighted by molar-refractivity contribution is 5.28. The Morgan fingerprint density at radius 1 is 0.806 bits per heavy atom. The number of quaternary nitrogens is 1. The van der Waals surface area contributed by atoms with Crippen molar-refractivity contribution >= 4 is 0 Å². The molecule has 1 aromatic carbocycles. The fourth-order valence-electron chi connectivity index (χ4n) is 5.48. The van der Waals surface area contributed by atoms with Crippen LogP contribution in [0.3, 0.4) is 0 Å². The van der Waals surface area contributed by atoms with Crippen LogP contribution in [0.4, 0.5) is 13.2 Å². The molecule has 0 bridgehead atoms. The third-order valence-electron chi connectivity index (χ3n) is 7.65. The molecule has 3 nitrogen and oxygen atoms in total. The van der Waals surface area contributed by atoms with E-state index >= 15 is 0 Å². The standard InChI is InChI=1S/C30H52F3N2O/c1-3-4-5-6-7-8-9-10-11-12-13-14-15-16-21-34-22-18-24-35(2,25-23-34)27-28-19-17-20-29(26-28)36-30(31,32)33/h17,19-20,26H,3-16,18,21-25,27H2,1-2H3/q+1. The second-order valence-electron chi connectivity index (χ2n) is 11.2. The second-order valence-corrected chi connectivity index (χ2v) is 11.2. The van der Waals surface area contributed by atoms with Crippen LogP contribution in [0, 0.1) is 0 Å². The van der Waals surface area contributed by atoms with Crippen LogP contribution in [0.25, 0.3) is 0 Å². The van der Waals surface area contributed by atoms with E-state index in [-0.39, 0.29) is 5.75 Å². The minimum atomic E-state index is -4.65. The molecule has 1 heterocycles. The van der Waals surface area contributed by atoms with Gasteiger partial charge in [-0.2, -0.15) is 0 Å².